The van der Waals surface area contributed by atoms with Gasteiger partial charge in [-0.05, 0) is 48.7 Å². The topological polar surface area (TPSA) is 96.9 Å². The van der Waals surface area contributed by atoms with Crippen LogP contribution < -0.4 is 10.5 Å². The number of azide groups is 1. The molecule has 0 aliphatic heterocycles. The van der Waals surface area contributed by atoms with Crippen molar-refractivity contribution in [1.82, 2.24) is 4.98 Å². The number of hydrogen-bond donors (Lipinski definition) is 1. The summed E-state index contributed by atoms with van der Waals surface area (Å²) in [5.74, 6) is 1.32. The Morgan fingerprint density at radius 2 is 2.16 bits per heavy atom. The van der Waals surface area contributed by atoms with Crippen molar-refractivity contribution < 1.29 is 4.74 Å². The monoisotopic (exact) mass is 257 g/mol. The predicted octanol–water partition coefficient (Wildman–Crippen LogP) is 3.29. The van der Waals surface area contributed by atoms with Gasteiger partial charge in [0.2, 0.25) is 0 Å². The van der Waals surface area contributed by atoms with Crippen molar-refractivity contribution in [3.63, 3.8) is 0 Å². The van der Waals surface area contributed by atoms with Gasteiger partial charge in [-0.3, -0.25) is 0 Å². The molecule has 1 heterocycles. The quantitative estimate of drug-likeness (QED) is 0.372. The molecule has 1 aromatic carbocycles. The van der Waals surface area contributed by atoms with Crippen LogP contribution in [0.2, 0.25) is 0 Å². The van der Waals surface area contributed by atoms with Crippen LogP contribution >= 0.6 is 0 Å². The molecule has 2 aromatic rings. The highest BCUT2D eigenvalue weighted by atomic mass is 16.5. The van der Waals surface area contributed by atoms with E-state index in [0.717, 1.165) is 29.5 Å². The summed E-state index contributed by atoms with van der Waals surface area (Å²) in [4.78, 5) is 6.92. The maximum absolute atomic E-state index is 8.13. The van der Waals surface area contributed by atoms with Crippen molar-refractivity contribution in [2.24, 2.45) is 5.11 Å². The Labute approximate surface area is 110 Å². The van der Waals surface area contributed by atoms with Gasteiger partial charge in [0.25, 0.3) is 0 Å². The van der Waals surface area contributed by atoms with Gasteiger partial charge in [-0.15, -0.1) is 0 Å². The number of rotatable bonds is 6. The van der Waals surface area contributed by atoms with Gasteiger partial charge in [-0.2, -0.15) is 0 Å². The smallest absolute Gasteiger partial charge is 0.124 e. The van der Waals surface area contributed by atoms with Gasteiger partial charge in [-0.25, -0.2) is 4.98 Å². The second-order valence-electron chi connectivity index (χ2n) is 4.10. The molecule has 2 rings (SSSR count). The van der Waals surface area contributed by atoms with E-state index in [1.54, 1.807) is 6.07 Å². The zero-order chi connectivity index (χ0) is 13.5. The lowest BCUT2D eigenvalue weighted by Crippen LogP contribution is -1.98. The first-order valence-corrected chi connectivity index (χ1v) is 6.09. The van der Waals surface area contributed by atoms with E-state index in [1.165, 1.54) is 0 Å². The van der Waals surface area contributed by atoms with E-state index < -0.39 is 0 Å². The van der Waals surface area contributed by atoms with Gasteiger partial charge < -0.3 is 10.5 Å². The molecule has 0 spiro atoms. The fraction of sp³-hybridized carbons (Fsp3) is 0.308. The number of nitrogens with two attached hydrogens (primary N) is 1. The van der Waals surface area contributed by atoms with Crippen LogP contribution in [0, 0.1) is 0 Å². The summed E-state index contributed by atoms with van der Waals surface area (Å²) in [6.07, 6.45) is 1.69. The van der Waals surface area contributed by atoms with Crippen LogP contribution in [-0.2, 0) is 0 Å². The lowest BCUT2D eigenvalue weighted by molar-refractivity contribution is 0.308. The van der Waals surface area contributed by atoms with E-state index in [9.17, 15) is 0 Å². The summed E-state index contributed by atoms with van der Waals surface area (Å²) in [7, 11) is 0. The number of nitrogens with zero attached hydrogens (tertiary/aromatic N) is 4. The van der Waals surface area contributed by atoms with E-state index in [0.29, 0.717) is 19.0 Å². The van der Waals surface area contributed by atoms with Crippen LogP contribution in [0.4, 0.5) is 5.82 Å². The minimum atomic E-state index is 0.513. The van der Waals surface area contributed by atoms with Gasteiger partial charge in [0.05, 0.1) is 12.1 Å². The van der Waals surface area contributed by atoms with Gasteiger partial charge in [0.1, 0.15) is 11.6 Å². The van der Waals surface area contributed by atoms with E-state index in [-0.39, 0.29) is 0 Å². The Kier molecular flexibility index (Phi) is 4.42. The lowest BCUT2D eigenvalue weighted by Gasteiger charge is -2.06. The molecule has 0 saturated carbocycles. The van der Waals surface area contributed by atoms with Crippen LogP contribution in [-0.4, -0.2) is 18.1 Å². The van der Waals surface area contributed by atoms with Crippen LogP contribution in [0.3, 0.4) is 0 Å². The Morgan fingerprint density at radius 3 is 3.00 bits per heavy atom. The second-order valence-corrected chi connectivity index (χ2v) is 4.10. The number of ether oxygens (including phenoxy) is 1. The molecule has 0 aliphatic rings. The molecule has 2 N–H and O–H groups in total. The zero-order valence-electron chi connectivity index (χ0n) is 10.5. The SMILES string of the molecule is [N-]=[N+]=NCCCCOc1ccc2nc(N)ccc2c1. The second kappa shape index (κ2) is 6.47. The third-order valence-corrected chi connectivity index (χ3v) is 2.67. The third kappa shape index (κ3) is 3.76. The third-order valence-electron chi connectivity index (χ3n) is 2.67. The van der Waals surface area contributed by atoms with Crippen molar-refractivity contribution in [1.29, 1.82) is 0 Å². The molecule has 1 aromatic heterocycles. The summed E-state index contributed by atoms with van der Waals surface area (Å²) >= 11 is 0. The van der Waals surface area contributed by atoms with Gasteiger partial charge in [0.15, 0.2) is 0 Å². The van der Waals surface area contributed by atoms with Crippen LogP contribution in [0.5, 0.6) is 5.75 Å². The molecule has 0 saturated heterocycles. The minimum absolute atomic E-state index is 0.513. The van der Waals surface area contributed by atoms with Crippen molar-refractivity contribution in [2.45, 2.75) is 12.8 Å². The normalized spacial score (nSPS) is 10.1. The zero-order valence-corrected chi connectivity index (χ0v) is 10.5. The van der Waals surface area contributed by atoms with Crippen molar-refractivity contribution in [2.75, 3.05) is 18.9 Å². The number of anilines is 1. The standard InChI is InChI=1S/C13H15N5O/c14-13-6-3-10-9-11(4-5-12(10)17-13)19-8-2-1-7-16-18-15/h3-6,9H,1-2,7-8H2,(H2,14,17). The van der Waals surface area contributed by atoms with Crippen molar-refractivity contribution in [3.8, 4) is 5.75 Å². The highest BCUT2D eigenvalue weighted by Crippen LogP contribution is 2.20. The van der Waals surface area contributed by atoms with Crippen LogP contribution in [0.1, 0.15) is 12.8 Å². The van der Waals surface area contributed by atoms with E-state index in [4.69, 9.17) is 16.0 Å². The van der Waals surface area contributed by atoms with Crippen LogP contribution in [0.15, 0.2) is 35.4 Å². The molecular weight excluding hydrogens is 242 g/mol. The summed E-state index contributed by atoms with van der Waals surface area (Å²) < 4.78 is 5.63. The fourth-order valence-corrected chi connectivity index (χ4v) is 1.73. The molecular formula is C13H15N5O. The van der Waals surface area contributed by atoms with E-state index in [2.05, 4.69) is 15.0 Å². The first kappa shape index (κ1) is 13.0. The Bertz CT molecular complexity index is 607. The predicted molar refractivity (Wildman–Crippen MR) is 74.9 cm³/mol. The molecule has 19 heavy (non-hydrogen) atoms. The van der Waals surface area contributed by atoms with Crippen molar-refractivity contribution >= 4 is 16.7 Å². The average molecular weight is 257 g/mol. The number of pyridine rings is 1. The maximum Gasteiger partial charge on any atom is 0.124 e. The molecule has 0 aliphatic carbocycles. The van der Waals surface area contributed by atoms with E-state index >= 15 is 0 Å². The molecule has 0 bridgehead atoms. The maximum atomic E-state index is 8.13. The molecule has 98 valence electrons. The summed E-state index contributed by atoms with van der Waals surface area (Å²) in [5, 5.41) is 4.47. The summed E-state index contributed by atoms with van der Waals surface area (Å²) in [5.41, 5.74) is 14.6. The molecule has 0 amide bonds. The summed E-state index contributed by atoms with van der Waals surface area (Å²) in [6.45, 7) is 1.12. The van der Waals surface area contributed by atoms with Crippen LogP contribution in [0.25, 0.3) is 21.3 Å². The van der Waals surface area contributed by atoms with Gasteiger partial charge in [0, 0.05) is 16.8 Å². The molecule has 0 atom stereocenters. The summed E-state index contributed by atoms with van der Waals surface area (Å²) in [6, 6.07) is 9.40. The first-order chi connectivity index (χ1) is 9.29. The largest absolute Gasteiger partial charge is 0.494 e. The molecule has 6 nitrogen and oxygen atoms in total. The lowest BCUT2D eigenvalue weighted by atomic mass is 10.2. The van der Waals surface area contributed by atoms with Crippen molar-refractivity contribution in [3.05, 3.63) is 40.8 Å². The Morgan fingerprint density at radius 1 is 1.26 bits per heavy atom. The molecule has 0 unspecified atom stereocenters. The minimum Gasteiger partial charge on any atom is -0.494 e. The van der Waals surface area contributed by atoms with Gasteiger partial charge >= 0.3 is 0 Å². The highest BCUT2D eigenvalue weighted by Gasteiger charge is 1.99. The molecule has 0 fully saturated rings. The first-order valence-electron chi connectivity index (χ1n) is 6.09. The number of benzene rings is 1. The number of hydrogen-bond acceptors (Lipinski definition) is 4. The average Bonchev–Trinajstić information content (AvgIpc) is 2.43. The van der Waals surface area contributed by atoms with E-state index in [1.807, 2.05) is 24.3 Å². The number of aromatic nitrogens is 1. The Hall–Kier alpha value is -2.46. The molecule has 6 heteroatoms. The Balaban J connectivity index is 1.90. The number of nitrogen functional groups attached to an aromatic ring is 1. The molecule has 0 radical (unpaired) electrons. The van der Waals surface area contributed by atoms with Gasteiger partial charge in [-0.1, -0.05) is 5.11 Å². The number of fused-ring (bicyclic) bond motifs is 1. The fourth-order valence-electron chi connectivity index (χ4n) is 1.73. The highest BCUT2D eigenvalue weighted by molar-refractivity contribution is 5.81. The number of unbranched alkanes of at least 4 members (excludes halogenated alkanes) is 1.